The number of hydrogen-bond acceptors (Lipinski definition) is 4. The number of carbonyl (C=O) groups is 2. The smallest absolute Gasteiger partial charge is 0.347 e. The Bertz CT molecular complexity index is 408. The molecule has 0 spiro atoms. The van der Waals surface area contributed by atoms with Gasteiger partial charge >= 0.3 is 11.9 Å². The van der Waals surface area contributed by atoms with E-state index in [1.807, 2.05) is 0 Å². The lowest BCUT2D eigenvalue weighted by Gasteiger charge is -2.09. The van der Waals surface area contributed by atoms with E-state index in [0.29, 0.717) is 5.56 Å². The Morgan fingerprint density at radius 3 is 2.38 bits per heavy atom. The minimum absolute atomic E-state index is 0.105. The van der Waals surface area contributed by atoms with Crippen LogP contribution in [0.4, 0.5) is 0 Å². The molecule has 1 atom stereocenters. The van der Waals surface area contributed by atoms with E-state index in [1.165, 1.54) is 6.92 Å². The highest BCUT2D eigenvalue weighted by Crippen LogP contribution is 2.14. The van der Waals surface area contributed by atoms with E-state index in [2.05, 4.69) is 11.3 Å². The number of aliphatic hydroxyl groups excluding tert-OH is 1. The van der Waals surface area contributed by atoms with E-state index >= 15 is 0 Å². The first-order valence-corrected chi connectivity index (χ1v) is 4.67. The van der Waals surface area contributed by atoms with Crippen LogP contribution in [0, 0.1) is 0 Å². The van der Waals surface area contributed by atoms with Crippen molar-refractivity contribution in [2.24, 2.45) is 0 Å². The van der Waals surface area contributed by atoms with E-state index in [1.54, 1.807) is 30.3 Å². The third-order valence-electron chi connectivity index (χ3n) is 1.88. The first-order valence-electron chi connectivity index (χ1n) is 4.67. The van der Waals surface area contributed by atoms with Crippen LogP contribution in [0.15, 0.2) is 42.5 Å². The highest BCUT2D eigenvalue weighted by Gasteiger charge is 2.21. The van der Waals surface area contributed by atoms with E-state index in [9.17, 15) is 14.7 Å². The van der Waals surface area contributed by atoms with Gasteiger partial charge in [0.2, 0.25) is 0 Å². The van der Waals surface area contributed by atoms with Crippen LogP contribution in [-0.2, 0) is 14.3 Å². The minimum atomic E-state index is -1.45. The fraction of sp³-hybridized carbons (Fsp3) is 0.167. The van der Waals surface area contributed by atoms with Crippen molar-refractivity contribution in [3.05, 3.63) is 48.0 Å². The normalized spacial score (nSPS) is 11.6. The SMILES string of the molecule is C=C(C)C(=O)OC(=O)[C@H](O)c1ccccc1. The second-order valence-corrected chi connectivity index (χ2v) is 3.30. The topological polar surface area (TPSA) is 63.6 Å². The molecule has 0 bridgehead atoms. The zero-order valence-electron chi connectivity index (χ0n) is 8.84. The average molecular weight is 220 g/mol. The summed E-state index contributed by atoms with van der Waals surface area (Å²) in [5, 5.41) is 9.56. The average Bonchev–Trinajstić information content (AvgIpc) is 2.28. The fourth-order valence-corrected chi connectivity index (χ4v) is 1.01. The molecule has 4 nitrogen and oxygen atoms in total. The molecule has 4 heteroatoms. The maximum Gasteiger partial charge on any atom is 0.347 e. The molecule has 1 aromatic carbocycles. The number of rotatable bonds is 3. The first kappa shape index (κ1) is 12.1. The largest absolute Gasteiger partial charge is 0.387 e. The van der Waals surface area contributed by atoms with Crippen molar-refractivity contribution in [3.63, 3.8) is 0 Å². The van der Waals surface area contributed by atoms with Crippen LogP contribution in [0.2, 0.25) is 0 Å². The van der Waals surface area contributed by atoms with Gasteiger partial charge in [-0.25, -0.2) is 9.59 Å². The monoisotopic (exact) mass is 220 g/mol. The molecular formula is C12H12O4. The van der Waals surface area contributed by atoms with E-state index in [0.717, 1.165) is 0 Å². The van der Waals surface area contributed by atoms with Crippen LogP contribution >= 0.6 is 0 Å². The third kappa shape index (κ3) is 3.03. The number of esters is 2. The molecule has 0 fully saturated rings. The lowest BCUT2D eigenvalue weighted by Crippen LogP contribution is -2.19. The van der Waals surface area contributed by atoms with Gasteiger partial charge in [0, 0.05) is 5.57 Å². The summed E-state index contributed by atoms with van der Waals surface area (Å²) in [5.74, 6) is -1.83. The van der Waals surface area contributed by atoms with Crippen LogP contribution in [0.25, 0.3) is 0 Å². The zero-order valence-corrected chi connectivity index (χ0v) is 8.84. The van der Waals surface area contributed by atoms with Crippen molar-refractivity contribution >= 4 is 11.9 Å². The van der Waals surface area contributed by atoms with Crippen molar-refractivity contribution in [2.45, 2.75) is 13.0 Å². The molecule has 0 aromatic heterocycles. The summed E-state index contributed by atoms with van der Waals surface area (Å²) in [6.07, 6.45) is -1.45. The molecule has 0 aliphatic heterocycles. The number of carbonyl (C=O) groups excluding carboxylic acids is 2. The minimum Gasteiger partial charge on any atom is -0.387 e. The molecule has 0 unspecified atom stereocenters. The van der Waals surface area contributed by atoms with Gasteiger partial charge in [-0.2, -0.15) is 0 Å². The number of hydrogen-bond donors (Lipinski definition) is 1. The summed E-state index contributed by atoms with van der Waals surface area (Å²) in [6.45, 7) is 4.75. The standard InChI is InChI=1S/C12H12O4/c1-8(2)11(14)16-12(15)10(13)9-6-4-3-5-7-9/h3-7,10,13H,1H2,2H3/t10-/m1/s1. The lowest BCUT2D eigenvalue weighted by atomic mass is 10.1. The summed E-state index contributed by atoms with van der Waals surface area (Å²) in [4.78, 5) is 22.4. The maximum absolute atomic E-state index is 11.3. The highest BCUT2D eigenvalue weighted by atomic mass is 16.6. The van der Waals surface area contributed by atoms with Crippen LogP contribution in [0.3, 0.4) is 0 Å². The van der Waals surface area contributed by atoms with Gasteiger partial charge in [0.25, 0.3) is 0 Å². The van der Waals surface area contributed by atoms with Gasteiger partial charge in [-0.05, 0) is 12.5 Å². The summed E-state index contributed by atoms with van der Waals surface area (Å²) in [7, 11) is 0. The van der Waals surface area contributed by atoms with Gasteiger partial charge in [-0.1, -0.05) is 36.9 Å². The van der Waals surface area contributed by atoms with Crippen molar-refractivity contribution in [2.75, 3.05) is 0 Å². The van der Waals surface area contributed by atoms with Crippen LogP contribution in [0.1, 0.15) is 18.6 Å². The first-order chi connectivity index (χ1) is 7.52. The quantitative estimate of drug-likeness (QED) is 0.474. The Morgan fingerprint density at radius 2 is 1.88 bits per heavy atom. The third-order valence-corrected chi connectivity index (χ3v) is 1.88. The van der Waals surface area contributed by atoms with Crippen molar-refractivity contribution in [1.82, 2.24) is 0 Å². The zero-order chi connectivity index (χ0) is 12.1. The second-order valence-electron chi connectivity index (χ2n) is 3.30. The Balaban J connectivity index is 2.69. The molecule has 1 rings (SSSR count). The highest BCUT2D eigenvalue weighted by molar-refractivity contribution is 5.96. The molecule has 0 saturated carbocycles. The summed E-state index contributed by atoms with van der Waals surface area (Å²) < 4.78 is 4.40. The molecule has 0 amide bonds. The van der Waals surface area contributed by atoms with Gasteiger partial charge in [0.15, 0.2) is 6.10 Å². The van der Waals surface area contributed by atoms with Crippen molar-refractivity contribution in [3.8, 4) is 0 Å². The molecule has 1 N–H and O–H groups in total. The predicted octanol–water partition coefficient (Wildman–Crippen LogP) is 1.37. The van der Waals surface area contributed by atoms with Gasteiger partial charge in [0.1, 0.15) is 0 Å². The van der Waals surface area contributed by atoms with Crippen molar-refractivity contribution < 1.29 is 19.4 Å². The molecule has 1 aromatic rings. The van der Waals surface area contributed by atoms with E-state index < -0.39 is 18.0 Å². The molecule has 0 aliphatic carbocycles. The summed E-state index contributed by atoms with van der Waals surface area (Å²) in [6, 6.07) is 8.23. The van der Waals surface area contributed by atoms with Crippen molar-refractivity contribution in [1.29, 1.82) is 0 Å². The number of benzene rings is 1. The predicted molar refractivity (Wildman–Crippen MR) is 57.3 cm³/mol. The molecule has 16 heavy (non-hydrogen) atoms. The summed E-state index contributed by atoms with van der Waals surface area (Å²) >= 11 is 0. The fourth-order valence-electron chi connectivity index (χ4n) is 1.01. The lowest BCUT2D eigenvalue weighted by molar-refractivity contribution is -0.163. The number of aliphatic hydroxyl groups is 1. The van der Waals surface area contributed by atoms with E-state index in [-0.39, 0.29) is 5.57 Å². The van der Waals surface area contributed by atoms with Gasteiger partial charge in [-0.15, -0.1) is 0 Å². The molecule has 0 aliphatic rings. The van der Waals surface area contributed by atoms with Crippen LogP contribution in [0.5, 0.6) is 0 Å². The van der Waals surface area contributed by atoms with Gasteiger partial charge in [0.05, 0.1) is 0 Å². The van der Waals surface area contributed by atoms with Crippen LogP contribution < -0.4 is 0 Å². The molecule has 0 saturated heterocycles. The Morgan fingerprint density at radius 1 is 1.31 bits per heavy atom. The number of ether oxygens (including phenoxy) is 1. The Kier molecular flexibility index (Phi) is 3.96. The molecule has 84 valence electrons. The van der Waals surface area contributed by atoms with Gasteiger partial charge in [-0.3, -0.25) is 0 Å². The summed E-state index contributed by atoms with van der Waals surface area (Å²) in [5.41, 5.74) is 0.482. The maximum atomic E-state index is 11.3. The van der Waals surface area contributed by atoms with E-state index in [4.69, 9.17) is 0 Å². The van der Waals surface area contributed by atoms with Crippen LogP contribution in [-0.4, -0.2) is 17.0 Å². The molecule has 0 heterocycles. The van der Waals surface area contributed by atoms with Gasteiger partial charge < -0.3 is 9.84 Å². The molecular weight excluding hydrogens is 208 g/mol. The Hall–Kier alpha value is -1.94. The Labute approximate surface area is 93.2 Å². The molecule has 0 radical (unpaired) electrons. The second kappa shape index (κ2) is 5.23.